The highest BCUT2D eigenvalue weighted by Crippen LogP contribution is 2.36. The monoisotopic (exact) mass is 317 g/mol. The van der Waals surface area contributed by atoms with E-state index in [-0.39, 0.29) is 12.5 Å². The van der Waals surface area contributed by atoms with E-state index in [1.54, 1.807) is 0 Å². The standard InChI is InChI=1S/C17H19NO3S/c19-15(13-10-22-14-7-3-2-6-12(13)14)18-11-17(16(20)21)8-4-1-5-9-17/h2-3,6-7,10H,1,4-5,8-9,11H2,(H,18,19)(H,20,21). The fourth-order valence-electron chi connectivity index (χ4n) is 3.19. The number of carboxylic acid groups (broad SMARTS) is 1. The lowest BCUT2D eigenvalue weighted by Gasteiger charge is -2.33. The summed E-state index contributed by atoms with van der Waals surface area (Å²) in [5.74, 6) is -0.966. The van der Waals surface area contributed by atoms with Gasteiger partial charge in [-0.05, 0) is 18.9 Å². The van der Waals surface area contributed by atoms with Crippen LogP contribution in [0.25, 0.3) is 10.1 Å². The summed E-state index contributed by atoms with van der Waals surface area (Å²) in [6.45, 7) is 0.214. The van der Waals surface area contributed by atoms with Crippen molar-refractivity contribution in [2.75, 3.05) is 6.54 Å². The van der Waals surface area contributed by atoms with E-state index < -0.39 is 11.4 Å². The van der Waals surface area contributed by atoms with Crippen LogP contribution in [0.2, 0.25) is 0 Å². The fourth-order valence-corrected chi connectivity index (χ4v) is 4.13. The number of carbonyl (C=O) groups excluding carboxylic acids is 1. The summed E-state index contributed by atoms with van der Waals surface area (Å²) in [5, 5.41) is 15.2. The molecule has 1 saturated carbocycles. The fraction of sp³-hybridized carbons (Fsp3) is 0.412. The lowest BCUT2D eigenvalue weighted by Crippen LogP contribution is -2.44. The molecule has 116 valence electrons. The first-order valence-electron chi connectivity index (χ1n) is 7.60. The number of carboxylic acids is 1. The smallest absolute Gasteiger partial charge is 0.311 e. The zero-order chi connectivity index (χ0) is 15.6. The van der Waals surface area contributed by atoms with Crippen LogP contribution in [0, 0.1) is 5.41 Å². The summed E-state index contributed by atoms with van der Waals surface area (Å²) in [4.78, 5) is 24.1. The number of rotatable bonds is 4. The second-order valence-electron chi connectivity index (χ2n) is 5.97. The average molecular weight is 317 g/mol. The summed E-state index contributed by atoms with van der Waals surface area (Å²) in [6.07, 6.45) is 4.21. The summed E-state index contributed by atoms with van der Waals surface area (Å²) in [6, 6.07) is 7.76. The second-order valence-corrected chi connectivity index (χ2v) is 6.89. The number of benzene rings is 1. The van der Waals surface area contributed by atoms with E-state index in [4.69, 9.17) is 0 Å². The molecule has 0 bridgehead atoms. The SMILES string of the molecule is O=C(NCC1(C(=O)O)CCCCC1)c1csc2ccccc12. The zero-order valence-electron chi connectivity index (χ0n) is 12.3. The van der Waals surface area contributed by atoms with Gasteiger partial charge in [-0.25, -0.2) is 0 Å². The first kappa shape index (κ1) is 15.0. The molecule has 0 atom stereocenters. The lowest BCUT2D eigenvalue weighted by molar-refractivity contribution is -0.150. The van der Waals surface area contributed by atoms with Crippen molar-refractivity contribution < 1.29 is 14.7 Å². The Morgan fingerprint density at radius 1 is 1.18 bits per heavy atom. The molecule has 1 heterocycles. The Morgan fingerprint density at radius 3 is 2.64 bits per heavy atom. The Bertz CT molecular complexity index is 701. The Balaban J connectivity index is 1.75. The van der Waals surface area contributed by atoms with Gasteiger partial charge in [0.2, 0.25) is 0 Å². The highest BCUT2D eigenvalue weighted by atomic mass is 32.1. The largest absolute Gasteiger partial charge is 0.481 e. The van der Waals surface area contributed by atoms with Gasteiger partial charge >= 0.3 is 5.97 Å². The molecule has 1 aliphatic carbocycles. The Hall–Kier alpha value is -1.88. The van der Waals surface area contributed by atoms with Crippen molar-refractivity contribution in [1.82, 2.24) is 5.32 Å². The minimum Gasteiger partial charge on any atom is -0.481 e. The minimum absolute atomic E-state index is 0.177. The van der Waals surface area contributed by atoms with Gasteiger partial charge in [-0.15, -0.1) is 11.3 Å². The van der Waals surface area contributed by atoms with Gasteiger partial charge in [-0.2, -0.15) is 0 Å². The highest BCUT2D eigenvalue weighted by molar-refractivity contribution is 7.17. The predicted molar refractivity (Wildman–Crippen MR) is 87.3 cm³/mol. The maximum atomic E-state index is 12.4. The van der Waals surface area contributed by atoms with E-state index in [9.17, 15) is 14.7 Å². The first-order valence-corrected chi connectivity index (χ1v) is 8.48. The highest BCUT2D eigenvalue weighted by Gasteiger charge is 2.39. The molecular formula is C17H19NO3S. The van der Waals surface area contributed by atoms with Gasteiger partial charge in [-0.3, -0.25) is 9.59 Å². The van der Waals surface area contributed by atoms with Crippen molar-refractivity contribution in [3.63, 3.8) is 0 Å². The topological polar surface area (TPSA) is 66.4 Å². The summed E-state index contributed by atoms with van der Waals surface area (Å²) in [5.41, 5.74) is -0.156. The number of amides is 1. The second kappa shape index (κ2) is 6.08. The molecule has 2 N–H and O–H groups in total. The van der Waals surface area contributed by atoms with Crippen molar-refractivity contribution in [3.05, 3.63) is 35.2 Å². The van der Waals surface area contributed by atoms with Crippen molar-refractivity contribution in [1.29, 1.82) is 0 Å². The number of carbonyl (C=O) groups is 2. The van der Waals surface area contributed by atoms with Crippen LogP contribution in [0.1, 0.15) is 42.5 Å². The van der Waals surface area contributed by atoms with Crippen LogP contribution in [-0.4, -0.2) is 23.5 Å². The molecule has 0 radical (unpaired) electrons. The summed E-state index contributed by atoms with van der Waals surface area (Å²) < 4.78 is 1.07. The van der Waals surface area contributed by atoms with Crippen LogP contribution < -0.4 is 5.32 Å². The maximum Gasteiger partial charge on any atom is 0.311 e. The van der Waals surface area contributed by atoms with Crippen molar-refractivity contribution in [2.24, 2.45) is 5.41 Å². The van der Waals surface area contributed by atoms with E-state index in [1.165, 1.54) is 11.3 Å². The number of aliphatic carboxylic acids is 1. The van der Waals surface area contributed by atoms with Crippen LogP contribution >= 0.6 is 11.3 Å². The summed E-state index contributed by atoms with van der Waals surface area (Å²) in [7, 11) is 0. The third-order valence-corrected chi connectivity index (χ3v) is 5.54. The van der Waals surface area contributed by atoms with Crippen molar-refractivity contribution in [2.45, 2.75) is 32.1 Å². The van der Waals surface area contributed by atoms with Crippen LogP contribution in [0.15, 0.2) is 29.6 Å². The molecule has 1 fully saturated rings. The number of nitrogens with one attached hydrogen (secondary N) is 1. The van der Waals surface area contributed by atoms with Gasteiger partial charge in [-0.1, -0.05) is 37.5 Å². The summed E-state index contributed by atoms with van der Waals surface area (Å²) >= 11 is 1.53. The molecule has 0 spiro atoms. The molecule has 5 heteroatoms. The van der Waals surface area contributed by atoms with E-state index >= 15 is 0 Å². The molecule has 1 aromatic heterocycles. The maximum absolute atomic E-state index is 12.4. The van der Waals surface area contributed by atoms with Crippen LogP contribution in [0.3, 0.4) is 0 Å². The average Bonchev–Trinajstić information content (AvgIpc) is 2.97. The molecular weight excluding hydrogens is 298 g/mol. The van der Waals surface area contributed by atoms with Gasteiger partial charge in [0.05, 0.1) is 11.0 Å². The van der Waals surface area contributed by atoms with Crippen molar-refractivity contribution in [3.8, 4) is 0 Å². The van der Waals surface area contributed by atoms with E-state index in [2.05, 4.69) is 5.32 Å². The molecule has 1 aromatic carbocycles. The number of thiophene rings is 1. The molecule has 3 rings (SSSR count). The number of hydrogen-bond acceptors (Lipinski definition) is 3. The van der Waals surface area contributed by atoms with Gasteiger partial charge in [0.25, 0.3) is 5.91 Å². The number of hydrogen-bond donors (Lipinski definition) is 2. The molecule has 1 amide bonds. The van der Waals surface area contributed by atoms with Crippen molar-refractivity contribution >= 4 is 33.3 Å². The third kappa shape index (κ3) is 2.73. The van der Waals surface area contributed by atoms with Gasteiger partial charge in [0.1, 0.15) is 0 Å². The molecule has 2 aromatic rings. The van der Waals surface area contributed by atoms with Crippen LogP contribution in [0.4, 0.5) is 0 Å². The van der Waals surface area contributed by atoms with Gasteiger partial charge in [0, 0.05) is 22.0 Å². The molecule has 4 nitrogen and oxygen atoms in total. The third-order valence-electron chi connectivity index (χ3n) is 4.58. The van der Waals surface area contributed by atoms with Gasteiger partial charge < -0.3 is 10.4 Å². The molecule has 0 unspecified atom stereocenters. The zero-order valence-corrected chi connectivity index (χ0v) is 13.1. The Labute approximate surface area is 133 Å². The Kier molecular flexibility index (Phi) is 4.16. The number of fused-ring (bicyclic) bond motifs is 1. The van der Waals surface area contributed by atoms with E-state index in [0.717, 1.165) is 29.3 Å². The first-order chi connectivity index (χ1) is 10.6. The molecule has 22 heavy (non-hydrogen) atoms. The molecule has 0 aliphatic heterocycles. The van der Waals surface area contributed by atoms with Crippen LogP contribution in [0.5, 0.6) is 0 Å². The lowest BCUT2D eigenvalue weighted by atomic mass is 9.74. The van der Waals surface area contributed by atoms with Crippen LogP contribution in [-0.2, 0) is 4.79 Å². The Morgan fingerprint density at radius 2 is 1.91 bits per heavy atom. The molecule has 0 saturated heterocycles. The quantitative estimate of drug-likeness (QED) is 0.904. The van der Waals surface area contributed by atoms with E-state index in [1.807, 2.05) is 29.6 Å². The van der Waals surface area contributed by atoms with Gasteiger partial charge in [0.15, 0.2) is 0 Å². The predicted octanol–water partition coefficient (Wildman–Crippen LogP) is 3.67. The minimum atomic E-state index is -0.792. The van der Waals surface area contributed by atoms with E-state index in [0.29, 0.717) is 18.4 Å². The molecule has 1 aliphatic rings. The normalized spacial score (nSPS) is 17.3.